The summed E-state index contributed by atoms with van der Waals surface area (Å²) in [6.07, 6.45) is 0.827. The van der Waals surface area contributed by atoms with E-state index in [0.717, 1.165) is 5.56 Å². The number of nitrogens with zero attached hydrogens (tertiary/aromatic N) is 1. The third-order valence-electron chi connectivity index (χ3n) is 1.85. The van der Waals surface area contributed by atoms with Crippen LogP contribution in [0, 0.1) is 11.3 Å². The van der Waals surface area contributed by atoms with E-state index in [0.29, 0.717) is 5.57 Å². The third kappa shape index (κ3) is 2.17. The molecule has 13 heavy (non-hydrogen) atoms. The van der Waals surface area contributed by atoms with Gasteiger partial charge in [0.1, 0.15) is 6.10 Å². The fourth-order valence-electron chi connectivity index (χ4n) is 1.10. The topological polar surface area (TPSA) is 44.0 Å². The highest BCUT2D eigenvalue weighted by Gasteiger charge is 2.10. The molecule has 0 heterocycles. The highest BCUT2D eigenvalue weighted by atomic mass is 16.3. The van der Waals surface area contributed by atoms with Gasteiger partial charge in [0.05, 0.1) is 11.6 Å². The van der Waals surface area contributed by atoms with E-state index in [9.17, 15) is 5.11 Å². The van der Waals surface area contributed by atoms with Gasteiger partial charge < -0.3 is 5.11 Å². The van der Waals surface area contributed by atoms with Crippen LogP contribution in [0.4, 0.5) is 0 Å². The lowest BCUT2D eigenvalue weighted by Crippen LogP contribution is -1.99. The van der Waals surface area contributed by atoms with Gasteiger partial charge in [-0.05, 0) is 12.5 Å². The average molecular weight is 173 g/mol. The molecule has 2 nitrogen and oxygen atoms in total. The van der Waals surface area contributed by atoms with Crippen LogP contribution in [-0.2, 0) is 0 Å². The van der Waals surface area contributed by atoms with Crippen molar-refractivity contribution < 1.29 is 5.11 Å². The Kier molecular flexibility index (Phi) is 3.24. The Morgan fingerprint density at radius 1 is 1.46 bits per heavy atom. The van der Waals surface area contributed by atoms with E-state index in [1.807, 2.05) is 24.3 Å². The van der Waals surface area contributed by atoms with Gasteiger partial charge >= 0.3 is 0 Å². The summed E-state index contributed by atoms with van der Waals surface area (Å²) in [5.74, 6) is 0. The average Bonchev–Trinajstić information content (AvgIpc) is 2.21. The molecule has 1 unspecified atom stereocenters. The minimum Gasteiger partial charge on any atom is -0.383 e. The van der Waals surface area contributed by atoms with Gasteiger partial charge in [-0.25, -0.2) is 0 Å². The van der Waals surface area contributed by atoms with E-state index in [2.05, 4.69) is 0 Å². The number of hydrogen-bond donors (Lipinski definition) is 1. The SMILES string of the molecule is C/C=C(\C#N)C(O)c1ccccc1. The minimum absolute atomic E-state index is 0.381. The Morgan fingerprint density at radius 2 is 2.08 bits per heavy atom. The monoisotopic (exact) mass is 173 g/mol. The number of hydrogen-bond acceptors (Lipinski definition) is 2. The second-order valence-corrected chi connectivity index (χ2v) is 2.67. The maximum absolute atomic E-state index is 9.69. The lowest BCUT2D eigenvalue weighted by atomic mass is 10.0. The van der Waals surface area contributed by atoms with Gasteiger partial charge in [-0.2, -0.15) is 5.26 Å². The van der Waals surface area contributed by atoms with E-state index >= 15 is 0 Å². The molecule has 0 amide bonds. The lowest BCUT2D eigenvalue weighted by molar-refractivity contribution is 0.220. The molecule has 0 saturated heterocycles. The van der Waals surface area contributed by atoms with Crippen LogP contribution in [0.1, 0.15) is 18.6 Å². The molecule has 0 aliphatic rings. The van der Waals surface area contributed by atoms with Crippen LogP contribution < -0.4 is 0 Å². The molecule has 1 N–H and O–H groups in total. The van der Waals surface area contributed by atoms with Gasteiger partial charge in [-0.1, -0.05) is 36.4 Å². The molecule has 0 saturated carbocycles. The van der Waals surface area contributed by atoms with E-state index < -0.39 is 6.10 Å². The Balaban J connectivity index is 2.93. The van der Waals surface area contributed by atoms with Gasteiger partial charge in [0.25, 0.3) is 0 Å². The molecular weight excluding hydrogens is 162 g/mol. The molecule has 0 aliphatic heterocycles. The highest BCUT2D eigenvalue weighted by molar-refractivity contribution is 5.33. The normalized spacial score (nSPS) is 13.5. The van der Waals surface area contributed by atoms with Crippen LogP contribution in [-0.4, -0.2) is 5.11 Å². The van der Waals surface area contributed by atoms with Crippen molar-refractivity contribution in [2.75, 3.05) is 0 Å². The van der Waals surface area contributed by atoms with Crippen LogP contribution in [0.25, 0.3) is 0 Å². The van der Waals surface area contributed by atoms with Crippen LogP contribution in [0.15, 0.2) is 42.0 Å². The quantitative estimate of drug-likeness (QED) is 0.696. The van der Waals surface area contributed by atoms with Crippen molar-refractivity contribution in [3.05, 3.63) is 47.5 Å². The first-order valence-corrected chi connectivity index (χ1v) is 4.09. The number of aliphatic hydroxyl groups is 1. The number of aliphatic hydroxyl groups excluding tert-OH is 1. The second-order valence-electron chi connectivity index (χ2n) is 2.67. The van der Waals surface area contributed by atoms with Crippen molar-refractivity contribution in [3.63, 3.8) is 0 Å². The zero-order valence-corrected chi connectivity index (χ0v) is 7.44. The maximum Gasteiger partial charge on any atom is 0.114 e. The largest absolute Gasteiger partial charge is 0.383 e. The van der Waals surface area contributed by atoms with Crippen LogP contribution in [0.5, 0.6) is 0 Å². The standard InChI is InChI=1S/C11H11NO/c1-2-9(8-12)11(13)10-6-4-3-5-7-10/h2-7,11,13H,1H3/b9-2+. The maximum atomic E-state index is 9.69. The molecule has 1 atom stereocenters. The van der Waals surface area contributed by atoms with Crippen molar-refractivity contribution in [2.24, 2.45) is 0 Å². The number of allylic oxidation sites excluding steroid dienone is 1. The van der Waals surface area contributed by atoms with E-state index in [4.69, 9.17) is 5.26 Å². The summed E-state index contributed by atoms with van der Waals surface area (Å²) in [5.41, 5.74) is 1.13. The van der Waals surface area contributed by atoms with Gasteiger partial charge in [-0.15, -0.1) is 0 Å². The minimum atomic E-state index is -0.795. The first-order valence-electron chi connectivity index (χ1n) is 4.09. The zero-order chi connectivity index (χ0) is 9.68. The molecule has 1 rings (SSSR count). The first-order chi connectivity index (χ1) is 6.29. The summed E-state index contributed by atoms with van der Waals surface area (Å²) >= 11 is 0. The van der Waals surface area contributed by atoms with Crippen molar-refractivity contribution in [1.29, 1.82) is 5.26 Å². The van der Waals surface area contributed by atoms with Crippen molar-refractivity contribution in [2.45, 2.75) is 13.0 Å². The van der Waals surface area contributed by atoms with Crippen molar-refractivity contribution in [3.8, 4) is 6.07 Å². The fraction of sp³-hybridized carbons (Fsp3) is 0.182. The molecule has 66 valence electrons. The predicted octanol–water partition coefficient (Wildman–Crippen LogP) is 2.19. The molecule has 0 bridgehead atoms. The molecule has 2 heteroatoms. The predicted molar refractivity (Wildman–Crippen MR) is 50.8 cm³/mol. The Bertz CT molecular complexity index is 335. The summed E-state index contributed by atoms with van der Waals surface area (Å²) in [7, 11) is 0. The Morgan fingerprint density at radius 3 is 2.54 bits per heavy atom. The lowest BCUT2D eigenvalue weighted by Gasteiger charge is -2.08. The first kappa shape index (κ1) is 9.50. The Labute approximate surface area is 77.8 Å². The molecule has 0 aromatic heterocycles. The number of benzene rings is 1. The fourth-order valence-corrected chi connectivity index (χ4v) is 1.10. The summed E-state index contributed by atoms with van der Waals surface area (Å²) in [6.45, 7) is 1.74. The highest BCUT2D eigenvalue weighted by Crippen LogP contribution is 2.19. The molecular formula is C11H11NO. The van der Waals surface area contributed by atoms with Crippen molar-refractivity contribution >= 4 is 0 Å². The number of rotatable bonds is 2. The van der Waals surface area contributed by atoms with Crippen LogP contribution in [0.3, 0.4) is 0 Å². The van der Waals surface area contributed by atoms with E-state index in [1.165, 1.54) is 0 Å². The smallest absolute Gasteiger partial charge is 0.114 e. The molecule has 0 spiro atoms. The van der Waals surface area contributed by atoms with E-state index in [-0.39, 0.29) is 0 Å². The molecule has 0 aliphatic carbocycles. The van der Waals surface area contributed by atoms with Gasteiger partial charge in [0.15, 0.2) is 0 Å². The number of nitriles is 1. The van der Waals surface area contributed by atoms with Gasteiger partial charge in [0, 0.05) is 0 Å². The Hall–Kier alpha value is -1.59. The summed E-state index contributed by atoms with van der Waals surface area (Å²) in [4.78, 5) is 0. The molecule has 0 radical (unpaired) electrons. The van der Waals surface area contributed by atoms with Crippen molar-refractivity contribution in [1.82, 2.24) is 0 Å². The second kappa shape index (κ2) is 4.44. The molecule has 1 aromatic carbocycles. The zero-order valence-electron chi connectivity index (χ0n) is 7.44. The van der Waals surface area contributed by atoms with Gasteiger partial charge in [-0.3, -0.25) is 0 Å². The van der Waals surface area contributed by atoms with E-state index in [1.54, 1.807) is 25.1 Å². The summed E-state index contributed by atoms with van der Waals surface area (Å²) in [6, 6.07) is 11.1. The van der Waals surface area contributed by atoms with Crippen LogP contribution >= 0.6 is 0 Å². The van der Waals surface area contributed by atoms with Gasteiger partial charge in [0.2, 0.25) is 0 Å². The molecule has 1 aromatic rings. The summed E-state index contributed by atoms with van der Waals surface area (Å²) < 4.78 is 0. The van der Waals surface area contributed by atoms with Crippen LogP contribution in [0.2, 0.25) is 0 Å². The summed E-state index contributed by atoms with van der Waals surface area (Å²) in [5, 5.41) is 18.4. The third-order valence-corrected chi connectivity index (χ3v) is 1.85. The molecule has 0 fully saturated rings.